The van der Waals surface area contributed by atoms with Crippen LogP contribution in [0.2, 0.25) is 0 Å². The van der Waals surface area contributed by atoms with Gasteiger partial charge in [0.05, 0.1) is 18.7 Å². The summed E-state index contributed by atoms with van der Waals surface area (Å²) in [5, 5.41) is 5.72. The van der Waals surface area contributed by atoms with E-state index < -0.39 is 6.04 Å². The normalized spacial score (nSPS) is 13.3. The predicted octanol–water partition coefficient (Wildman–Crippen LogP) is 2.84. The third-order valence-corrected chi connectivity index (χ3v) is 3.80. The van der Waals surface area contributed by atoms with Gasteiger partial charge in [-0.05, 0) is 30.5 Å². The summed E-state index contributed by atoms with van der Waals surface area (Å²) >= 11 is 0. The molecule has 5 heteroatoms. The van der Waals surface area contributed by atoms with Crippen molar-refractivity contribution in [1.29, 1.82) is 0 Å². The first-order valence-electron chi connectivity index (χ1n) is 8.14. The summed E-state index contributed by atoms with van der Waals surface area (Å²) in [6, 6.07) is 12.2. The predicted molar refractivity (Wildman–Crippen MR) is 92.2 cm³/mol. The maximum absolute atomic E-state index is 12.5. The molecule has 1 heterocycles. The molecule has 0 aliphatic heterocycles. The van der Waals surface area contributed by atoms with Crippen LogP contribution in [0.15, 0.2) is 53.1 Å². The molecule has 2 atom stereocenters. The summed E-state index contributed by atoms with van der Waals surface area (Å²) < 4.78 is 5.29. The van der Waals surface area contributed by atoms with Gasteiger partial charge in [0.25, 0.3) is 0 Å². The summed E-state index contributed by atoms with van der Waals surface area (Å²) in [5.41, 5.74) is 0.918. The van der Waals surface area contributed by atoms with Crippen molar-refractivity contribution < 1.29 is 14.0 Å². The van der Waals surface area contributed by atoms with Crippen LogP contribution < -0.4 is 10.6 Å². The van der Waals surface area contributed by atoms with Crippen molar-refractivity contribution in [3.05, 3.63) is 60.1 Å². The second-order valence-electron chi connectivity index (χ2n) is 6.20. The van der Waals surface area contributed by atoms with E-state index >= 15 is 0 Å². The highest BCUT2D eigenvalue weighted by Crippen LogP contribution is 2.13. The van der Waals surface area contributed by atoms with Gasteiger partial charge < -0.3 is 15.1 Å². The molecular weight excluding hydrogens is 304 g/mol. The van der Waals surface area contributed by atoms with Crippen LogP contribution in [0.4, 0.5) is 0 Å². The van der Waals surface area contributed by atoms with Crippen LogP contribution in [0.1, 0.15) is 38.1 Å². The van der Waals surface area contributed by atoms with Crippen LogP contribution in [-0.4, -0.2) is 17.9 Å². The standard InChI is InChI=1S/C19H24N2O3/c1-13(2)18(19(23)20-14(3)16-10-7-11-24-16)21-17(22)12-15-8-5-4-6-9-15/h4-11,13-14,18H,12H2,1-3H3,(H,20,23)(H,21,22). The van der Waals surface area contributed by atoms with E-state index in [1.54, 1.807) is 12.3 Å². The zero-order chi connectivity index (χ0) is 17.5. The van der Waals surface area contributed by atoms with Crippen molar-refractivity contribution >= 4 is 11.8 Å². The van der Waals surface area contributed by atoms with E-state index in [1.807, 2.05) is 57.2 Å². The second kappa shape index (κ2) is 8.34. The topological polar surface area (TPSA) is 71.3 Å². The molecule has 2 rings (SSSR count). The molecule has 1 aromatic carbocycles. The fraction of sp³-hybridized carbons (Fsp3) is 0.368. The molecule has 0 spiro atoms. The quantitative estimate of drug-likeness (QED) is 0.821. The lowest BCUT2D eigenvalue weighted by Gasteiger charge is -2.23. The number of carbonyl (C=O) groups is 2. The average Bonchev–Trinajstić information content (AvgIpc) is 3.07. The maximum Gasteiger partial charge on any atom is 0.243 e. The van der Waals surface area contributed by atoms with Gasteiger partial charge in [-0.2, -0.15) is 0 Å². The fourth-order valence-corrected chi connectivity index (χ4v) is 2.45. The smallest absolute Gasteiger partial charge is 0.243 e. The lowest BCUT2D eigenvalue weighted by Crippen LogP contribution is -2.50. The molecule has 0 aliphatic carbocycles. The van der Waals surface area contributed by atoms with E-state index in [2.05, 4.69) is 10.6 Å². The number of hydrogen-bond acceptors (Lipinski definition) is 3. The number of amides is 2. The van der Waals surface area contributed by atoms with Crippen molar-refractivity contribution in [3.63, 3.8) is 0 Å². The van der Waals surface area contributed by atoms with E-state index in [0.717, 1.165) is 5.56 Å². The van der Waals surface area contributed by atoms with Crippen molar-refractivity contribution in [2.24, 2.45) is 5.92 Å². The third-order valence-electron chi connectivity index (χ3n) is 3.80. The highest BCUT2D eigenvalue weighted by Gasteiger charge is 2.26. The van der Waals surface area contributed by atoms with Gasteiger partial charge in [-0.15, -0.1) is 0 Å². The van der Waals surface area contributed by atoms with Crippen molar-refractivity contribution in [2.75, 3.05) is 0 Å². The molecule has 1 aromatic heterocycles. The van der Waals surface area contributed by atoms with Gasteiger partial charge in [0, 0.05) is 0 Å². The molecular formula is C19H24N2O3. The molecule has 2 aromatic rings. The minimum absolute atomic E-state index is 0.0199. The second-order valence-corrected chi connectivity index (χ2v) is 6.20. The van der Waals surface area contributed by atoms with E-state index in [1.165, 1.54) is 0 Å². The van der Waals surface area contributed by atoms with E-state index in [4.69, 9.17) is 4.42 Å². The van der Waals surface area contributed by atoms with Gasteiger partial charge in [0.1, 0.15) is 11.8 Å². The summed E-state index contributed by atoms with van der Waals surface area (Å²) in [7, 11) is 0. The number of carbonyl (C=O) groups excluding carboxylic acids is 2. The number of rotatable bonds is 7. The van der Waals surface area contributed by atoms with Crippen molar-refractivity contribution in [3.8, 4) is 0 Å². The first-order chi connectivity index (χ1) is 11.5. The summed E-state index contributed by atoms with van der Waals surface area (Å²) in [4.78, 5) is 24.7. The van der Waals surface area contributed by atoms with Gasteiger partial charge in [-0.3, -0.25) is 9.59 Å². The molecule has 5 nitrogen and oxygen atoms in total. The molecule has 0 bridgehead atoms. The first-order valence-corrected chi connectivity index (χ1v) is 8.14. The van der Waals surface area contributed by atoms with E-state index in [-0.39, 0.29) is 30.2 Å². The van der Waals surface area contributed by atoms with Gasteiger partial charge in [0.2, 0.25) is 11.8 Å². The molecule has 2 amide bonds. The summed E-state index contributed by atoms with van der Waals surface area (Å²) in [5.74, 6) is 0.283. The van der Waals surface area contributed by atoms with E-state index in [0.29, 0.717) is 5.76 Å². The molecule has 24 heavy (non-hydrogen) atoms. The van der Waals surface area contributed by atoms with Crippen LogP contribution in [0.3, 0.4) is 0 Å². The minimum atomic E-state index is -0.585. The number of nitrogens with one attached hydrogen (secondary N) is 2. The van der Waals surface area contributed by atoms with Gasteiger partial charge in [0.15, 0.2) is 0 Å². The SMILES string of the molecule is CC(NC(=O)C(NC(=O)Cc1ccccc1)C(C)C)c1ccco1. The zero-order valence-corrected chi connectivity index (χ0v) is 14.3. The Kier molecular flexibility index (Phi) is 6.18. The van der Waals surface area contributed by atoms with Crippen molar-refractivity contribution in [2.45, 2.75) is 39.3 Å². The number of hydrogen-bond donors (Lipinski definition) is 2. The number of furan rings is 1. The van der Waals surface area contributed by atoms with Gasteiger partial charge in [-0.1, -0.05) is 44.2 Å². The molecule has 0 saturated heterocycles. The van der Waals surface area contributed by atoms with Crippen LogP contribution in [0, 0.1) is 5.92 Å². The Morgan fingerprint density at radius 3 is 2.29 bits per heavy atom. The van der Waals surface area contributed by atoms with E-state index in [9.17, 15) is 9.59 Å². The summed E-state index contributed by atoms with van der Waals surface area (Å²) in [6.45, 7) is 5.66. The first kappa shape index (κ1) is 17.8. The Bertz CT molecular complexity index is 651. The minimum Gasteiger partial charge on any atom is -0.467 e. The third kappa shape index (κ3) is 4.98. The monoisotopic (exact) mass is 328 g/mol. The van der Waals surface area contributed by atoms with Gasteiger partial charge in [-0.25, -0.2) is 0 Å². The van der Waals surface area contributed by atoms with Crippen molar-refractivity contribution in [1.82, 2.24) is 10.6 Å². The van der Waals surface area contributed by atoms with Crippen LogP contribution in [0.25, 0.3) is 0 Å². The lowest BCUT2D eigenvalue weighted by atomic mass is 10.0. The summed E-state index contributed by atoms with van der Waals surface area (Å²) in [6.07, 6.45) is 1.82. The average molecular weight is 328 g/mol. The zero-order valence-electron chi connectivity index (χ0n) is 14.3. The molecule has 128 valence electrons. The Labute approximate surface area is 142 Å². The molecule has 0 saturated carbocycles. The highest BCUT2D eigenvalue weighted by molar-refractivity contribution is 5.88. The molecule has 0 fully saturated rings. The van der Waals surface area contributed by atoms with Crippen LogP contribution in [0.5, 0.6) is 0 Å². The molecule has 0 radical (unpaired) electrons. The molecule has 2 unspecified atom stereocenters. The molecule has 2 N–H and O–H groups in total. The van der Waals surface area contributed by atoms with Gasteiger partial charge >= 0.3 is 0 Å². The Morgan fingerprint density at radius 1 is 1.00 bits per heavy atom. The van der Waals surface area contributed by atoms with Crippen LogP contribution >= 0.6 is 0 Å². The highest BCUT2D eigenvalue weighted by atomic mass is 16.3. The van der Waals surface area contributed by atoms with Crippen LogP contribution in [-0.2, 0) is 16.0 Å². The number of benzene rings is 1. The molecule has 0 aliphatic rings. The largest absolute Gasteiger partial charge is 0.467 e. The fourth-order valence-electron chi connectivity index (χ4n) is 2.45. The Balaban J connectivity index is 1.95. The Hall–Kier alpha value is -2.56. The maximum atomic E-state index is 12.5. The lowest BCUT2D eigenvalue weighted by molar-refractivity contribution is -0.130. The Morgan fingerprint density at radius 2 is 1.71 bits per heavy atom.